The van der Waals surface area contributed by atoms with Gasteiger partial charge in [-0.1, -0.05) is 6.92 Å². The predicted octanol–water partition coefficient (Wildman–Crippen LogP) is 3.30. The van der Waals surface area contributed by atoms with Crippen LogP contribution in [0.25, 0.3) is 11.0 Å². The minimum atomic E-state index is -0.285. The van der Waals surface area contributed by atoms with Crippen LogP contribution in [0.4, 0.5) is 5.69 Å². The van der Waals surface area contributed by atoms with Crippen molar-refractivity contribution in [2.75, 3.05) is 18.5 Å². The quantitative estimate of drug-likeness (QED) is 0.606. The van der Waals surface area contributed by atoms with Gasteiger partial charge in [0.15, 0.2) is 11.5 Å². The molecule has 0 unspecified atom stereocenters. The lowest BCUT2D eigenvalue weighted by Gasteiger charge is -2.13. The molecule has 0 radical (unpaired) electrons. The molecule has 26 heavy (non-hydrogen) atoms. The number of nitrogens with one attached hydrogen (secondary N) is 3. The highest BCUT2D eigenvalue weighted by molar-refractivity contribution is 6.05. The minimum absolute atomic E-state index is 0.273. The molecule has 0 aliphatic carbocycles. The molecule has 7 nitrogen and oxygen atoms in total. The summed E-state index contributed by atoms with van der Waals surface area (Å²) in [4.78, 5) is 29.2. The van der Waals surface area contributed by atoms with Crippen molar-refractivity contribution >= 4 is 22.6 Å². The number of aromatic amines is 2. The first-order chi connectivity index (χ1) is 12.6. The van der Waals surface area contributed by atoms with Crippen molar-refractivity contribution in [1.29, 1.82) is 0 Å². The molecule has 0 saturated carbocycles. The number of anilines is 1. The van der Waals surface area contributed by atoms with Gasteiger partial charge in [-0.3, -0.25) is 4.79 Å². The van der Waals surface area contributed by atoms with Crippen molar-refractivity contribution < 1.29 is 14.3 Å². The standard InChI is InChI=1S/C19H21N3O4/c1-3-9-26-16-8-5-12(10-17(16)25-4-2)18(23)20-13-6-7-14-15(11-13)22-19(24)21-14/h5-8,10-11H,3-4,9H2,1-2H3,(H,20,23)(H2,21,22,24). The lowest BCUT2D eigenvalue weighted by Crippen LogP contribution is -2.12. The molecule has 0 aliphatic rings. The molecule has 2 aromatic carbocycles. The van der Waals surface area contributed by atoms with E-state index in [0.717, 1.165) is 6.42 Å². The van der Waals surface area contributed by atoms with Gasteiger partial charge in [0, 0.05) is 11.3 Å². The van der Waals surface area contributed by atoms with E-state index >= 15 is 0 Å². The number of hydrogen-bond donors (Lipinski definition) is 3. The second-order valence-electron chi connectivity index (χ2n) is 5.74. The number of H-pyrrole nitrogens is 2. The van der Waals surface area contributed by atoms with E-state index in [0.29, 0.717) is 47.0 Å². The number of benzene rings is 2. The van der Waals surface area contributed by atoms with Crippen LogP contribution in [0.15, 0.2) is 41.2 Å². The van der Waals surface area contributed by atoms with Crippen LogP contribution in [-0.4, -0.2) is 29.1 Å². The van der Waals surface area contributed by atoms with Gasteiger partial charge >= 0.3 is 5.69 Å². The monoisotopic (exact) mass is 355 g/mol. The summed E-state index contributed by atoms with van der Waals surface area (Å²) < 4.78 is 11.2. The highest BCUT2D eigenvalue weighted by Gasteiger charge is 2.12. The molecule has 0 fully saturated rings. The van der Waals surface area contributed by atoms with Gasteiger partial charge in [-0.25, -0.2) is 4.79 Å². The summed E-state index contributed by atoms with van der Waals surface area (Å²) in [5.74, 6) is 0.890. The van der Waals surface area contributed by atoms with Crippen LogP contribution in [0, 0.1) is 0 Å². The number of carbonyl (C=O) groups is 1. The van der Waals surface area contributed by atoms with E-state index in [1.54, 1.807) is 36.4 Å². The number of amides is 1. The molecule has 0 bridgehead atoms. The molecule has 1 amide bonds. The Bertz CT molecular complexity index is 974. The van der Waals surface area contributed by atoms with E-state index in [4.69, 9.17) is 9.47 Å². The van der Waals surface area contributed by atoms with Gasteiger partial charge in [0.25, 0.3) is 5.91 Å². The number of aromatic nitrogens is 2. The Kier molecular flexibility index (Phi) is 5.26. The number of hydrogen-bond acceptors (Lipinski definition) is 4. The zero-order chi connectivity index (χ0) is 18.5. The summed E-state index contributed by atoms with van der Waals surface area (Å²) in [7, 11) is 0. The zero-order valence-electron chi connectivity index (χ0n) is 14.7. The molecule has 0 atom stereocenters. The van der Waals surface area contributed by atoms with E-state index in [1.165, 1.54) is 0 Å². The van der Waals surface area contributed by atoms with Crippen molar-refractivity contribution in [3.8, 4) is 11.5 Å². The largest absolute Gasteiger partial charge is 0.490 e. The summed E-state index contributed by atoms with van der Waals surface area (Å²) in [5, 5.41) is 2.82. The molecule has 3 aromatic rings. The maximum absolute atomic E-state index is 12.5. The second kappa shape index (κ2) is 7.77. The molecular formula is C19H21N3O4. The smallest absolute Gasteiger partial charge is 0.323 e. The molecule has 0 spiro atoms. The average molecular weight is 355 g/mol. The van der Waals surface area contributed by atoms with E-state index < -0.39 is 0 Å². The fourth-order valence-electron chi connectivity index (χ4n) is 2.56. The highest BCUT2D eigenvalue weighted by Crippen LogP contribution is 2.29. The van der Waals surface area contributed by atoms with Crippen LogP contribution in [0.5, 0.6) is 11.5 Å². The van der Waals surface area contributed by atoms with E-state index in [2.05, 4.69) is 15.3 Å². The lowest BCUT2D eigenvalue weighted by atomic mass is 10.1. The second-order valence-corrected chi connectivity index (χ2v) is 5.74. The van der Waals surface area contributed by atoms with Gasteiger partial charge in [0.2, 0.25) is 0 Å². The van der Waals surface area contributed by atoms with Crippen molar-refractivity contribution in [1.82, 2.24) is 9.97 Å². The van der Waals surface area contributed by atoms with E-state index in [1.807, 2.05) is 13.8 Å². The van der Waals surface area contributed by atoms with E-state index in [9.17, 15) is 9.59 Å². The number of rotatable bonds is 7. The Morgan fingerprint density at radius 2 is 1.81 bits per heavy atom. The first kappa shape index (κ1) is 17.6. The third-order valence-electron chi connectivity index (χ3n) is 3.74. The molecule has 1 heterocycles. The molecule has 0 saturated heterocycles. The van der Waals surface area contributed by atoms with Crippen molar-refractivity contribution in [3.63, 3.8) is 0 Å². The molecular weight excluding hydrogens is 334 g/mol. The summed E-state index contributed by atoms with van der Waals surface area (Å²) in [6, 6.07) is 10.3. The number of fused-ring (bicyclic) bond motifs is 1. The minimum Gasteiger partial charge on any atom is -0.490 e. The number of imidazole rings is 1. The molecule has 136 valence electrons. The summed E-state index contributed by atoms with van der Waals surface area (Å²) in [5.41, 5.74) is 2.07. The normalized spacial score (nSPS) is 10.7. The summed E-state index contributed by atoms with van der Waals surface area (Å²) in [6.07, 6.45) is 0.886. The van der Waals surface area contributed by atoms with Gasteiger partial charge in [-0.05, 0) is 49.7 Å². The van der Waals surface area contributed by atoms with Crippen LogP contribution in [0.1, 0.15) is 30.6 Å². The third kappa shape index (κ3) is 3.88. The summed E-state index contributed by atoms with van der Waals surface area (Å²) >= 11 is 0. The molecule has 1 aromatic heterocycles. The van der Waals surface area contributed by atoms with Gasteiger partial charge in [-0.15, -0.1) is 0 Å². The maximum Gasteiger partial charge on any atom is 0.323 e. The van der Waals surface area contributed by atoms with Gasteiger partial charge < -0.3 is 24.8 Å². The topological polar surface area (TPSA) is 96.2 Å². The molecule has 3 rings (SSSR count). The van der Waals surface area contributed by atoms with Crippen molar-refractivity contribution in [2.45, 2.75) is 20.3 Å². The van der Waals surface area contributed by atoms with Crippen LogP contribution in [0.2, 0.25) is 0 Å². The Morgan fingerprint density at radius 3 is 2.58 bits per heavy atom. The van der Waals surface area contributed by atoms with Gasteiger partial charge in [0.05, 0.1) is 24.2 Å². The fraction of sp³-hybridized carbons (Fsp3) is 0.263. The van der Waals surface area contributed by atoms with Crippen molar-refractivity contribution in [2.24, 2.45) is 0 Å². The molecule has 0 aliphatic heterocycles. The van der Waals surface area contributed by atoms with Crippen molar-refractivity contribution in [3.05, 3.63) is 52.4 Å². The van der Waals surface area contributed by atoms with Crippen LogP contribution in [0.3, 0.4) is 0 Å². The first-order valence-corrected chi connectivity index (χ1v) is 8.53. The summed E-state index contributed by atoms with van der Waals surface area (Å²) in [6.45, 7) is 4.96. The Balaban J connectivity index is 1.81. The van der Waals surface area contributed by atoms with Gasteiger partial charge in [-0.2, -0.15) is 0 Å². The zero-order valence-corrected chi connectivity index (χ0v) is 14.7. The first-order valence-electron chi connectivity index (χ1n) is 8.53. The highest BCUT2D eigenvalue weighted by atomic mass is 16.5. The fourth-order valence-corrected chi connectivity index (χ4v) is 2.56. The average Bonchev–Trinajstić information content (AvgIpc) is 3.00. The number of carbonyl (C=O) groups excluding carboxylic acids is 1. The van der Waals surface area contributed by atoms with Crippen LogP contribution in [-0.2, 0) is 0 Å². The maximum atomic E-state index is 12.5. The Labute approximate surface area is 150 Å². The lowest BCUT2D eigenvalue weighted by molar-refractivity contribution is 0.102. The van der Waals surface area contributed by atoms with Gasteiger partial charge in [0.1, 0.15) is 0 Å². The Hall–Kier alpha value is -3.22. The molecule has 3 N–H and O–H groups in total. The molecule has 7 heteroatoms. The predicted molar refractivity (Wildman–Crippen MR) is 100 cm³/mol. The third-order valence-corrected chi connectivity index (χ3v) is 3.74. The van der Waals surface area contributed by atoms with E-state index in [-0.39, 0.29) is 11.6 Å². The van der Waals surface area contributed by atoms with Crippen LogP contribution < -0.4 is 20.5 Å². The SMILES string of the molecule is CCCOc1ccc(C(=O)Nc2ccc3[nH]c(=O)[nH]c3c2)cc1OCC. The number of ether oxygens (including phenoxy) is 2. The Morgan fingerprint density at radius 1 is 1.00 bits per heavy atom. The van der Waals surface area contributed by atoms with Crippen LogP contribution >= 0.6 is 0 Å².